The number of anilines is 1. The molecule has 2 aliphatic carbocycles. The first-order chi connectivity index (χ1) is 12.6. The Hall–Kier alpha value is -2.47. The molecule has 0 bridgehead atoms. The number of nitrogens with one attached hydrogen (secondary N) is 1. The molecule has 1 aliphatic heterocycles. The Balaban J connectivity index is 1.67. The van der Waals surface area contributed by atoms with Crippen molar-refractivity contribution < 1.29 is 14.3 Å². The third-order valence-electron chi connectivity index (χ3n) is 5.49. The molecule has 1 spiro atoms. The van der Waals surface area contributed by atoms with Crippen molar-refractivity contribution in [2.45, 2.75) is 31.2 Å². The summed E-state index contributed by atoms with van der Waals surface area (Å²) in [5.74, 6) is -0.316. The van der Waals surface area contributed by atoms with Gasteiger partial charge in [-0.2, -0.15) is 0 Å². The molecule has 0 radical (unpaired) electrons. The number of carbonyl (C=O) groups excluding carboxylic acids is 2. The van der Waals surface area contributed by atoms with E-state index < -0.39 is 5.54 Å². The molecule has 2 aromatic rings. The molecule has 1 atom stereocenters. The number of benzene rings is 1. The van der Waals surface area contributed by atoms with Gasteiger partial charge in [0.2, 0.25) is 0 Å². The summed E-state index contributed by atoms with van der Waals surface area (Å²) >= 11 is 1.58. The lowest BCUT2D eigenvalue weighted by atomic mass is 9.98. The van der Waals surface area contributed by atoms with E-state index in [1.54, 1.807) is 11.3 Å². The minimum atomic E-state index is -0.614. The zero-order valence-electron chi connectivity index (χ0n) is 14.4. The summed E-state index contributed by atoms with van der Waals surface area (Å²) in [6.45, 7) is 0. The SMILES string of the molecule is COC(=O)[C@@H]1Cc2sc3c(c2C1)C(c1ccccc1)=NC1(CC1)C(=O)N3. The van der Waals surface area contributed by atoms with Gasteiger partial charge in [0.25, 0.3) is 5.91 Å². The minimum absolute atomic E-state index is 0.00544. The Kier molecular flexibility index (Phi) is 3.34. The van der Waals surface area contributed by atoms with Crippen molar-refractivity contribution in [2.24, 2.45) is 10.9 Å². The van der Waals surface area contributed by atoms with E-state index in [4.69, 9.17) is 9.73 Å². The van der Waals surface area contributed by atoms with Crippen LogP contribution in [0.1, 0.15) is 34.4 Å². The van der Waals surface area contributed by atoms with E-state index in [0.29, 0.717) is 12.8 Å². The van der Waals surface area contributed by atoms with Crippen LogP contribution in [0.2, 0.25) is 0 Å². The summed E-state index contributed by atoms with van der Waals surface area (Å²) in [5.41, 5.74) is 3.41. The first kappa shape index (κ1) is 15.8. The van der Waals surface area contributed by atoms with Crippen molar-refractivity contribution in [3.05, 3.63) is 51.9 Å². The number of methoxy groups -OCH3 is 1. The van der Waals surface area contributed by atoms with Crippen molar-refractivity contribution in [1.82, 2.24) is 0 Å². The van der Waals surface area contributed by atoms with Crippen LogP contribution in [-0.4, -0.2) is 30.2 Å². The molecule has 2 heterocycles. The monoisotopic (exact) mass is 366 g/mol. The van der Waals surface area contributed by atoms with Crippen molar-refractivity contribution >= 4 is 33.9 Å². The molecule has 1 fully saturated rings. The molecule has 5 rings (SSSR count). The Bertz CT molecular complexity index is 957. The molecular formula is C20H18N2O3S. The van der Waals surface area contributed by atoms with Gasteiger partial charge in [-0.1, -0.05) is 30.3 Å². The summed E-state index contributed by atoms with van der Waals surface area (Å²) in [6, 6.07) is 10.0. The zero-order chi connectivity index (χ0) is 17.9. The number of thiophene rings is 1. The Morgan fingerprint density at radius 3 is 2.73 bits per heavy atom. The summed E-state index contributed by atoms with van der Waals surface area (Å²) in [4.78, 5) is 30.8. The summed E-state index contributed by atoms with van der Waals surface area (Å²) in [7, 11) is 1.43. The van der Waals surface area contributed by atoms with E-state index in [-0.39, 0.29) is 17.8 Å². The highest BCUT2D eigenvalue weighted by atomic mass is 32.1. The molecule has 3 aliphatic rings. The fourth-order valence-electron chi connectivity index (χ4n) is 3.91. The predicted octanol–water partition coefficient (Wildman–Crippen LogP) is 2.96. The van der Waals surface area contributed by atoms with Gasteiger partial charge in [0.15, 0.2) is 0 Å². The van der Waals surface area contributed by atoms with E-state index in [0.717, 1.165) is 45.1 Å². The number of hydrogen-bond acceptors (Lipinski definition) is 5. The van der Waals surface area contributed by atoms with Gasteiger partial charge in [-0.25, -0.2) is 0 Å². The number of hydrogen-bond donors (Lipinski definition) is 1. The van der Waals surface area contributed by atoms with Crippen LogP contribution in [0.15, 0.2) is 35.3 Å². The maximum absolute atomic E-state index is 12.7. The van der Waals surface area contributed by atoms with E-state index in [9.17, 15) is 9.59 Å². The van der Waals surface area contributed by atoms with Crippen molar-refractivity contribution in [1.29, 1.82) is 0 Å². The maximum atomic E-state index is 12.7. The zero-order valence-corrected chi connectivity index (χ0v) is 15.2. The van der Waals surface area contributed by atoms with Crippen molar-refractivity contribution in [3.8, 4) is 0 Å². The van der Waals surface area contributed by atoms with Gasteiger partial charge in [0.05, 0.1) is 18.7 Å². The largest absolute Gasteiger partial charge is 0.469 e. The average molecular weight is 366 g/mol. The first-order valence-electron chi connectivity index (χ1n) is 8.81. The molecule has 1 N–H and O–H groups in total. The fraction of sp³-hybridized carbons (Fsp3) is 0.350. The van der Waals surface area contributed by atoms with E-state index in [2.05, 4.69) is 5.32 Å². The van der Waals surface area contributed by atoms with E-state index in [1.165, 1.54) is 7.11 Å². The second kappa shape index (κ2) is 5.51. The second-order valence-corrected chi connectivity index (χ2v) is 8.25. The standard InChI is InChI=1S/C20H18N2O3S/c1-25-18(23)12-9-13-14(10-12)26-17-15(13)16(11-5-3-2-4-6-11)22-20(7-8-20)19(24)21-17/h2-6,12H,7-10H2,1H3,(H,21,24)/t12-/m0/s1. The van der Waals surface area contributed by atoms with E-state index in [1.807, 2.05) is 30.3 Å². The van der Waals surface area contributed by atoms with Crippen LogP contribution in [0.5, 0.6) is 0 Å². The number of ether oxygens (including phenoxy) is 1. The number of amides is 1. The fourth-order valence-corrected chi connectivity index (χ4v) is 5.21. The van der Waals surface area contributed by atoms with Gasteiger partial charge in [0.1, 0.15) is 10.5 Å². The predicted molar refractivity (Wildman–Crippen MR) is 99.9 cm³/mol. The van der Waals surface area contributed by atoms with Crippen LogP contribution in [0, 0.1) is 5.92 Å². The topological polar surface area (TPSA) is 67.8 Å². The smallest absolute Gasteiger partial charge is 0.309 e. The average Bonchev–Trinajstić information content (AvgIpc) is 3.25. The van der Waals surface area contributed by atoms with Gasteiger partial charge in [-0.15, -0.1) is 11.3 Å². The lowest BCUT2D eigenvalue weighted by Gasteiger charge is -2.10. The van der Waals surface area contributed by atoms with Gasteiger partial charge in [0, 0.05) is 16.0 Å². The molecular weight excluding hydrogens is 348 g/mol. The second-order valence-electron chi connectivity index (χ2n) is 7.15. The van der Waals surface area contributed by atoms with E-state index >= 15 is 0 Å². The summed E-state index contributed by atoms with van der Waals surface area (Å²) in [5, 5.41) is 3.98. The lowest BCUT2D eigenvalue weighted by molar-refractivity contribution is -0.145. The highest BCUT2D eigenvalue weighted by Gasteiger charge is 2.52. The third-order valence-corrected chi connectivity index (χ3v) is 6.66. The molecule has 132 valence electrons. The highest BCUT2D eigenvalue weighted by molar-refractivity contribution is 7.17. The van der Waals surface area contributed by atoms with Crippen LogP contribution < -0.4 is 5.32 Å². The number of fused-ring (bicyclic) bond motifs is 3. The Labute approximate surface area is 155 Å². The first-order valence-corrected chi connectivity index (χ1v) is 9.62. The molecule has 26 heavy (non-hydrogen) atoms. The van der Waals surface area contributed by atoms with Crippen LogP contribution in [0.4, 0.5) is 5.00 Å². The van der Waals surface area contributed by atoms with Crippen molar-refractivity contribution in [3.63, 3.8) is 0 Å². The van der Waals surface area contributed by atoms with Gasteiger partial charge < -0.3 is 10.1 Å². The molecule has 1 amide bonds. The molecule has 6 heteroatoms. The maximum Gasteiger partial charge on any atom is 0.309 e. The molecule has 0 unspecified atom stereocenters. The summed E-state index contributed by atoms with van der Waals surface area (Å²) < 4.78 is 4.94. The molecule has 1 aromatic carbocycles. The van der Waals surface area contributed by atoms with Crippen LogP contribution in [-0.2, 0) is 27.2 Å². The molecule has 5 nitrogen and oxygen atoms in total. The summed E-state index contributed by atoms with van der Waals surface area (Å²) in [6.07, 6.45) is 2.89. The number of carbonyl (C=O) groups is 2. The Morgan fingerprint density at radius 2 is 2.04 bits per heavy atom. The van der Waals surface area contributed by atoms with Gasteiger partial charge in [-0.3, -0.25) is 14.6 Å². The molecule has 1 aromatic heterocycles. The number of esters is 1. The molecule has 1 saturated carbocycles. The quantitative estimate of drug-likeness (QED) is 0.831. The van der Waals surface area contributed by atoms with Crippen LogP contribution in [0.25, 0.3) is 0 Å². The Morgan fingerprint density at radius 1 is 1.27 bits per heavy atom. The number of nitrogens with zero attached hydrogens (tertiary/aromatic N) is 1. The normalized spacial score (nSPS) is 22.1. The molecule has 0 saturated heterocycles. The number of aliphatic imine (C=N–C) groups is 1. The third kappa shape index (κ3) is 2.25. The highest BCUT2D eigenvalue weighted by Crippen LogP contribution is 2.49. The van der Waals surface area contributed by atoms with Crippen LogP contribution >= 0.6 is 11.3 Å². The van der Waals surface area contributed by atoms with Gasteiger partial charge >= 0.3 is 5.97 Å². The minimum Gasteiger partial charge on any atom is -0.469 e. The van der Waals surface area contributed by atoms with Gasteiger partial charge in [-0.05, 0) is 31.2 Å². The lowest BCUT2D eigenvalue weighted by Crippen LogP contribution is -2.26. The number of rotatable bonds is 2. The van der Waals surface area contributed by atoms with Crippen molar-refractivity contribution in [2.75, 3.05) is 12.4 Å². The van der Waals surface area contributed by atoms with Crippen LogP contribution in [0.3, 0.4) is 0 Å².